The molecule has 1 N–H and O–H groups in total. The van der Waals surface area contributed by atoms with E-state index in [9.17, 15) is 5.11 Å². The van der Waals surface area contributed by atoms with Gasteiger partial charge in [0.1, 0.15) is 17.0 Å². The molecule has 0 amide bonds. The lowest BCUT2D eigenvalue weighted by Gasteiger charge is -2.21. The van der Waals surface area contributed by atoms with Gasteiger partial charge in [-0.1, -0.05) is 5.21 Å². The first kappa shape index (κ1) is 17.6. The molecule has 1 fully saturated rings. The second kappa shape index (κ2) is 6.97. The maximum absolute atomic E-state index is 11.0. The smallest absolute Gasteiger partial charge is 0.183 e. The number of methoxy groups -OCH3 is 2. The third-order valence-corrected chi connectivity index (χ3v) is 4.58. The first-order valence-corrected chi connectivity index (χ1v) is 8.39. The molecule has 2 aromatic heterocycles. The Labute approximate surface area is 147 Å². The maximum Gasteiger partial charge on any atom is 0.183 e. The number of nitrogens with zero attached hydrogens (tertiary/aromatic N) is 5. The van der Waals surface area contributed by atoms with Gasteiger partial charge in [0.15, 0.2) is 11.5 Å². The molecule has 0 spiro atoms. The molecule has 0 aliphatic carbocycles. The van der Waals surface area contributed by atoms with Crippen LogP contribution in [-0.4, -0.2) is 57.3 Å². The molecule has 25 heavy (non-hydrogen) atoms. The monoisotopic (exact) mass is 347 g/mol. The molecular formula is C17H25N5O3. The molecular weight excluding hydrogens is 322 g/mol. The van der Waals surface area contributed by atoms with Crippen LogP contribution < -0.4 is 9.47 Å². The minimum Gasteiger partial charge on any atom is -0.493 e. The number of hydrogen-bond acceptors (Lipinski definition) is 7. The summed E-state index contributed by atoms with van der Waals surface area (Å²) in [6.45, 7) is 5.86. The SMILES string of the molecule is COc1ccnc(CN2CCC(O)(c3cn(C(C)C)nn3)C2)c1OC. The Morgan fingerprint density at radius 3 is 2.76 bits per heavy atom. The average molecular weight is 347 g/mol. The van der Waals surface area contributed by atoms with Gasteiger partial charge in [-0.05, 0) is 20.3 Å². The molecule has 1 aliphatic heterocycles. The fourth-order valence-electron chi connectivity index (χ4n) is 3.13. The van der Waals surface area contributed by atoms with Gasteiger partial charge in [0.25, 0.3) is 0 Å². The molecule has 1 atom stereocenters. The Hall–Kier alpha value is -2.19. The second-order valence-corrected chi connectivity index (χ2v) is 6.66. The van der Waals surface area contributed by atoms with Crippen LogP contribution in [0.2, 0.25) is 0 Å². The van der Waals surface area contributed by atoms with Crippen molar-refractivity contribution in [2.75, 3.05) is 27.3 Å². The van der Waals surface area contributed by atoms with Crippen LogP contribution in [0.5, 0.6) is 11.5 Å². The molecule has 1 unspecified atom stereocenters. The highest BCUT2D eigenvalue weighted by Crippen LogP contribution is 2.34. The normalized spacial score (nSPS) is 21.0. The Bertz CT molecular complexity index is 733. The molecule has 1 aliphatic rings. The molecule has 2 aromatic rings. The zero-order valence-electron chi connectivity index (χ0n) is 15.1. The van der Waals surface area contributed by atoms with Crippen molar-refractivity contribution in [3.05, 3.63) is 29.8 Å². The number of likely N-dealkylation sites (tertiary alicyclic amines) is 1. The number of ether oxygens (including phenoxy) is 2. The molecule has 8 nitrogen and oxygen atoms in total. The molecule has 1 saturated heterocycles. The third-order valence-electron chi connectivity index (χ3n) is 4.58. The summed E-state index contributed by atoms with van der Waals surface area (Å²) in [6.07, 6.45) is 4.14. The molecule has 0 radical (unpaired) electrons. The maximum atomic E-state index is 11.0. The fourth-order valence-corrected chi connectivity index (χ4v) is 3.13. The van der Waals surface area contributed by atoms with Crippen LogP contribution in [0.1, 0.15) is 37.7 Å². The lowest BCUT2D eigenvalue weighted by molar-refractivity contribution is 0.0406. The predicted octanol–water partition coefficient (Wildman–Crippen LogP) is 1.36. The Morgan fingerprint density at radius 2 is 2.12 bits per heavy atom. The summed E-state index contributed by atoms with van der Waals surface area (Å²) >= 11 is 0. The number of aliphatic hydroxyl groups is 1. The van der Waals surface area contributed by atoms with E-state index >= 15 is 0 Å². The van der Waals surface area contributed by atoms with Gasteiger partial charge in [-0.25, -0.2) is 4.68 Å². The Balaban J connectivity index is 1.74. The van der Waals surface area contributed by atoms with Crippen LogP contribution in [0.25, 0.3) is 0 Å². The summed E-state index contributed by atoms with van der Waals surface area (Å²) in [6, 6.07) is 1.99. The second-order valence-electron chi connectivity index (χ2n) is 6.66. The van der Waals surface area contributed by atoms with Crippen LogP contribution in [0, 0.1) is 0 Å². The van der Waals surface area contributed by atoms with Crippen molar-refractivity contribution >= 4 is 0 Å². The summed E-state index contributed by atoms with van der Waals surface area (Å²) in [5.41, 5.74) is 0.422. The van der Waals surface area contributed by atoms with E-state index in [4.69, 9.17) is 9.47 Å². The van der Waals surface area contributed by atoms with Crippen LogP contribution in [-0.2, 0) is 12.1 Å². The van der Waals surface area contributed by atoms with E-state index in [1.54, 1.807) is 31.2 Å². The summed E-state index contributed by atoms with van der Waals surface area (Å²) in [7, 11) is 3.21. The van der Waals surface area contributed by atoms with Gasteiger partial charge in [0, 0.05) is 37.9 Å². The number of pyridine rings is 1. The standard InChI is InChI=1S/C17H25N5O3/c1-12(2)22-10-15(19-20-22)17(23)6-8-21(11-17)9-13-16(25-4)14(24-3)5-7-18-13/h5,7,10,12,23H,6,8-9,11H2,1-4H3. The number of β-amino-alcohol motifs (C(OH)–C–C–N with tert-alkyl or cyclic N) is 1. The van der Waals surface area contributed by atoms with Gasteiger partial charge in [0.05, 0.1) is 20.4 Å². The molecule has 0 bridgehead atoms. The fraction of sp³-hybridized carbons (Fsp3) is 0.588. The van der Waals surface area contributed by atoms with E-state index < -0.39 is 5.60 Å². The van der Waals surface area contributed by atoms with Gasteiger partial charge in [-0.15, -0.1) is 5.10 Å². The largest absolute Gasteiger partial charge is 0.493 e. The quantitative estimate of drug-likeness (QED) is 0.844. The van der Waals surface area contributed by atoms with Crippen LogP contribution in [0.4, 0.5) is 0 Å². The molecule has 0 saturated carbocycles. The molecule has 0 aromatic carbocycles. The predicted molar refractivity (Wildman–Crippen MR) is 91.5 cm³/mol. The first-order valence-electron chi connectivity index (χ1n) is 8.39. The summed E-state index contributed by atoms with van der Waals surface area (Å²) in [5.74, 6) is 1.29. The van der Waals surface area contributed by atoms with Crippen molar-refractivity contribution < 1.29 is 14.6 Å². The van der Waals surface area contributed by atoms with E-state index in [1.807, 2.05) is 20.0 Å². The van der Waals surface area contributed by atoms with E-state index in [-0.39, 0.29) is 6.04 Å². The van der Waals surface area contributed by atoms with Crippen molar-refractivity contribution in [3.63, 3.8) is 0 Å². The van der Waals surface area contributed by atoms with E-state index in [0.717, 1.165) is 12.2 Å². The minimum atomic E-state index is -0.987. The Kier molecular flexibility index (Phi) is 4.91. The van der Waals surface area contributed by atoms with E-state index in [2.05, 4.69) is 20.2 Å². The van der Waals surface area contributed by atoms with Crippen molar-refractivity contribution in [2.45, 2.75) is 38.5 Å². The molecule has 8 heteroatoms. The van der Waals surface area contributed by atoms with Gasteiger partial charge in [-0.2, -0.15) is 0 Å². The minimum absolute atomic E-state index is 0.215. The average Bonchev–Trinajstić information content (AvgIpc) is 3.23. The van der Waals surface area contributed by atoms with Crippen molar-refractivity contribution in [2.24, 2.45) is 0 Å². The van der Waals surface area contributed by atoms with Gasteiger partial charge < -0.3 is 14.6 Å². The molecule has 3 rings (SSSR count). The highest BCUT2D eigenvalue weighted by molar-refractivity contribution is 5.42. The zero-order valence-corrected chi connectivity index (χ0v) is 15.1. The highest BCUT2D eigenvalue weighted by Gasteiger charge is 2.40. The van der Waals surface area contributed by atoms with Crippen molar-refractivity contribution in [3.8, 4) is 11.5 Å². The number of hydrogen-bond donors (Lipinski definition) is 1. The molecule has 136 valence electrons. The van der Waals surface area contributed by atoms with Crippen molar-refractivity contribution in [1.29, 1.82) is 0 Å². The van der Waals surface area contributed by atoms with Crippen LogP contribution in [0.15, 0.2) is 18.5 Å². The zero-order chi connectivity index (χ0) is 18.0. The first-order chi connectivity index (χ1) is 12.0. The summed E-state index contributed by atoms with van der Waals surface area (Å²) in [4.78, 5) is 6.55. The van der Waals surface area contributed by atoms with Crippen LogP contribution >= 0.6 is 0 Å². The third kappa shape index (κ3) is 3.45. The molecule has 3 heterocycles. The number of aromatic nitrogens is 4. The lowest BCUT2D eigenvalue weighted by atomic mass is 10.00. The van der Waals surface area contributed by atoms with Gasteiger partial charge in [-0.3, -0.25) is 9.88 Å². The van der Waals surface area contributed by atoms with E-state index in [1.165, 1.54) is 0 Å². The lowest BCUT2D eigenvalue weighted by Crippen LogP contribution is -2.31. The summed E-state index contributed by atoms with van der Waals surface area (Å²) < 4.78 is 12.5. The van der Waals surface area contributed by atoms with Gasteiger partial charge in [0.2, 0.25) is 0 Å². The topological polar surface area (TPSA) is 85.5 Å². The summed E-state index contributed by atoms with van der Waals surface area (Å²) in [5, 5.41) is 19.3. The highest BCUT2D eigenvalue weighted by atomic mass is 16.5. The number of rotatable bonds is 6. The van der Waals surface area contributed by atoms with Gasteiger partial charge >= 0.3 is 0 Å². The Morgan fingerprint density at radius 1 is 1.32 bits per heavy atom. The van der Waals surface area contributed by atoms with Crippen molar-refractivity contribution in [1.82, 2.24) is 24.9 Å². The van der Waals surface area contributed by atoms with Crippen LogP contribution in [0.3, 0.4) is 0 Å². The van der Waals surface area contributed by atoms with E-state index in [0.29, 0.717) is 36.7 Å².